The molecule has 1 aromatic rings. The molecule has 0 bridgehead atoms. The normalized spacial score (nSPS) is 12.9. The molecule has 0 saturated carbocycles. The Morgan fingerprint density at radius 3 is 2.25 bits per heavy atom. The molecule has 10 heteroatoms. The van der Waals surface area contributed by atoms with Crippen LogP contribution in [0.15, 0.2) is 16.7 Å². The second-order valence-electron chi connectivity index (χ2n) is 7.50. The largest absolute Gasteiger partial charge is 0.457 e. The third-order valence-corrected chi connectivity index (χ3v) is 3.62. The van der Waals surface area contributed by atoms with Gasteiger partial charge in [-0.15, -0.1) is 0 Å². The maximum Gasteiger partial charge on any atom is 0.453 e. The number of aromatic nitrogens is 2. The van der Waals surface area contributed by atoms with Crippen molar-refractivity contribution in [1.29, 1.82) is 0 Å². The van der Waals surface area contributed by atoms with Crippen molar-refractivity contribution in [3.05, 3.63) is 23.9 Å². The third kappa shape index (κ3) is 8.35. The Bertz CT molecular complexity index is 663. The van der Waals surface area contributed by atoms with E-state index in [-0.39, 0.29) is 30.7 Å². The van der Waals surface area contributed by atoms with Gasteiger partial charge in [-0.1, -0.05) is 24.6 Å². The minimum absolute atomic E-state index is 0.0361. The van der Waals surface area contributed by atoms with E-state index < -0.39 is 30.1 Å². The van der Waals surface area contributed by atoms with Crippen molar-refractivity contribution in [3.63, 3.8) is 0 Å². The Labute approximate surface area is 160 Å². The van der Waals surface area contributed by atoms with Gasteiger partial charge >= 0.3 is 18.1 Å². The van der Waals surface area contributed by atoms with E-state index in [4.69, 9.17) is 9.26 Å². The lowest BCUT2D eigenvalue weighted by Crippen LogP contribution is -2.36. The first-order valence-electron chi connectivity index (χ1n) is 8.88. The quantitative estimate of drug-likeness (QED) is 0.229. The van der Waals surface area contributed by atoms with Crippen LogP contribution in [-0.4, -0.2) is 33.8 Å². The number of halogens is 5. The summed E-state index contributed by atoms with van der Waals surface area (Å²) in [6.07, 6.45) is -5.29. The highest BCUT2D eigenvalue weighted by Crippen LogP contribution is 2.39. The molecule has 5 nitrogen and oxygen atoms in total. The van der Waals surface area contributed by atoms with Crippen molar-refractivity contribution < 1.29 is 36.0 Å². The molecule has 0 unspecified atom stereocenters. The number of nitrogens with zero attached hydrogens (tertiary/aromatic N) is 2. The first-order valence-corrected chi connectivity index (χ1v) is 8.88. The summed E-state index contributed by atoms with van der Waals surface area (Å²) in [5.74, 6) is -4.65. The molecule has 1 aromatic heterocycles. The molecule has 160 valence electrons. The van der Waals surface area contributed by atoms with Gasteiger partial charge in [0.2, 0.25) is 5.89 Å². The second kappa shape index (κ2) is 9.47. The van der Waals surface area contributed by atoms with Gasteiger partial charge in [0.05, 0.1) is 6.42 Å². The molecular formula is C18H25F5N2O3. The zero-order valence-electron chi connectivity index (χ0n) is 16.2. The van der Waals surface area contributed by atoms with Crippen LogP contribution in [0.5, 0.6) is 0 Å². The first kappa shape index (κ1) is 24.0. The van der Waals surface area contributed by atoms with Crippen LogP contribution in [0.3, 0.4) is 0 Å². The third-order valence-electron chi connectivity index (χ3n) is 3.62. The van der Waals surface area contributed by atoms with Crippen molar-refractivity contribution in [2.75, 3.05) is 0 Å². The summed E-state index contributed by atoms with van der Waals surface area (Å²) in [5.41, 5.74) is -0.486. The summed E-state index contributed by atoms with van der Waals surface area (Å²) in [5, 5.41) is 3.74. The molecule has 0 radical (unpaired) electrons. The molecule has 0 aliphatic carbocycles. The Hall–Kier alpha value is -2.00. The van der Waals surface area contributed by atoms with Gasteiger partial charge in [0.1, 0.15) is 5.60 Å². The molecule has 0 atom stereocenters. The van der Waals surface area contributed by atoms with Crippen LogP contribution in [0.2, 0.25) is 0 Å². The van der Waals surface area contributed by atoms with Crippen LogP contribution >= 0.6 is 0 Å². The summed E-state index contributed by atoms with van der Waals surface area (Å²) in [4.78, 5) is 15.9. The van der Waals surface area contributed by atoms with Gasteiger partial charge in [-0.05, 0) is 33.6 Å². The van der Waals surface area contributed by atoms with E-state index in [1.807, 2.05) is 0 Å². The Morgan fingerprint density at radius 2 is 1.68 bits per heavy atom. The van der Waals surface area contributed by atoms with Crippen LogP contribution in [0.25, 0.3) is 0 Å². The topological polar surface area (TPSA) is 65.2 Å². The lowest BCUT2D eigenvalue weighted by atomic mass is 10.1. The van der Waals surface area contributed by atoms with E-state index >= 15 is 0 Å². The van der Waals surface area contributed by atoms with Crippen molar-refractivity contribution in [1.82, 2.24) is 10.1 Å². The number of carbonyl (C=O) groups excluding carboxylic acids is 1. The fraction of sp³-hybridized carbons (Fsp3) is 0.722. The van der Waals surface area contributed by atoms with Crippen molar-refractivity contribution in [2.24, 2.45) is 0 Å². The number of unbranched alkanes of at least 4 members (excludes halogenated alkanes) is 3. The highest BCUT2D eigenvalue weighted by atomic mass is 19.4. The van der Waals surface area contributed by atoms with E-state index in [0.717, 1.165) is 0 Å². The van der Waals surface area contributed by atoms with Crippen LogP contribution in [0.4, 0.5) is 22.0 Å². The monoisotopic (exact) mass is 412 g/mol. The van der Waals surface area contributed by atoms with Gasteiger partial charge in [0.25, 0.3) is 0 Å². The van der Waals surface area contributed by atoms with Crippen molar-refractivity contribution >= 4 is 5.97 Å². The second-order valence-corrected chi connectivity index (χ2v) is 7.50. The van der Waals surface area contributed by atoms with Gasteiger partial charge in [0, 0.05) is 18.4 Å². The SMILES string of the molecule is C=C(Cc1nc(CCCCCCC(F)(F)C(F)(F)F)no1)C(=O)OC(C)(C)C. The summed E-state index contributed by atoms with van der Waals surface area (Å²) in [6, 6.07) is 0. The van der Waals surface area contributed by atoms with E-state index in [2.05, 4.69) is 16.7 Å². The average Bonchev–Trinajstić information content (AvgIpc) is 2.95. The molecule has 28 heavy (non-hydrogen) atoms. The minimum atomic E-state index is -5.50. The van der Waals surface area contributed by atoms with Gasteiger partial charge in [0.15, 0.2) is 5.82 Å². The van der Waals surface area contributed by atoms with E-state index in [0.29, 0.717) is 25.1 Å². The minimum Gasteiger partial charge on any atom is -0.457 e. The lowest BCUT2D eigenvalue weighted by Gasteiger charge is -2.19. The fourth-order valence-corrected chi connectivity index (χ4v) is 2.19. The number of carbonyl (C=O) groups is 1. The molecule has 1 heterocycles. The van der Waals surface area contributed by atoms with E-state index in [1.165, 1.54) is 0 Å². The zero-order chi connectivity index (χ0) is 21.6. The molecule has 0 N–H and O–H groups in total. The van der Waals surface area contributed by atoms with Gasteiger partial charge in [-0.3, -0.25) is 0 Å². The lowest BCUT2D eigenvalue weighted by molar-refractivity contribution is -0.284. The number of esters is 1. The molecular weight excluding hydrogens is 387 g/mol. The Kier molecular flexibility index (Phi) is 8.13. The summed E-state index contributed by atoms with van der Waals surface area (Å²) in [7, 11) is 0. The first-order chi connectivity index (χ1) is 12.7. The number of hydrogen-bond acceptors (Lipinski definition) is 5. The molecule has 0 aromatic carbocycles. The molecule has 0 saturated heterocycles. The summed E-state index contributed by atoms with van der Waals surface area (Å²) < 4.78 is 71.8. The van der Waals surface area contributed by atoms with Gasteiger partial charge in [-0.2, -0.15) is 26.9 Å². The fourth-order valence-electron chi connectivity index (χ4n) is 2.19. The molecule has 0 aliphatic heterocycles. The van der Waals surface area contributed by atoms with Crippen molar-refractivity contribution in [2.45, 2.75) is 83.4 Å². The zero-order valence-corrected chi connectivity index (χ0v) is 16.2. The Morgan fingerprint density at radius 1 is 1.07 bits per heavy atom. The standard InChI is InChI=1S/C18H25F5N2O3/c1-12(15(26)27-16(2,3)4)11-14-24-13(25-28-14)9-7-5-6-8-10-17(19,20)18(21,22)23/h1,5-11H2,2-4H3. The maximum atomic E-state index is 12.8. The van der Waals surface area contributed by atoms with E-state index in [9.17, 15) is 26.7 Å². The van der Waals surface area contributed by atoms with Crippen molar-refractivity contribution in [3.8, 4) is 0 Å². The van der Waals surface area contributed by atoms with E-state index in [1.54, 1.807) is 20.8 Å². The predicted octanol–water partition coefficient (Wildman–Crippen LogP) is 5.20. The highest BCUT2D eigenvalue weighted by Gasteiger charge is 2.56. The van der Waals surface area contributed by atoms with Gasteiger partial charge < -0.3 is 9.26 Å². The van der Waals surface area contributed by atoms with Crippen LogP contribution in [0.1, 0.15) is 64.6 Å². The number of ether oxygens (including phenoxy) is 1. The number of aryl methyl sites for hydroxylation is 1. The molecule has 0 amide bonds. The van der Waals surface area contributed by atoms with Crippen LogP contribution in [-0.2, 0) is 22.4 Å². The molecule has 1 rings (SSSR count). The smallest absolute Gasteiger partial charge is 0.453 e. The maximum absolute atomic E-state index is 12.8. The summed E-state index contributed by atoms with van der Waals surface area (Å²) >= 11 is 0. The number of alkyl halides is 5. The van der Waals surface area contributed by atoms with Gasteiger partial charge in [-0.25, -0.2) is 4.79 Å². The number of rotatable bonds is 10. The summed E-state index contributed by atoms with van der Waals surface area (Å²) in [6.45, 7) is 8.82. The van der Waals surface area contributed by atoms with Crippen LogP contribution < -0.4 is 0 Å². The van der Waals surface area contributed by atoms with Crippen LogP contribution in [0, 0.1) is 0 Å². The molecule has 0 spiro atoms. The Balaban J connectivity index is 2.31. The molecule has 0 fully saturated rings. The molecule has 0 aliphatic rings. The average molecular weight is 412 g/mol. The highest BCUT2D eigenvalue weighted by molar-refractivity contribution is 5.88. The number of hydrogen-bond donors (Lipinski definition) is 0. The predicted molar refractivity (Wildman–Crippen MR) is 90.8 cm³/mol.